The zero-order valence-corrected chi connectivity index (χ0v) is 14.0. The van der Waals surface area contributed by atoms with Gasteiger partial charge in [-0.05, 0) is 25.2 Å². The standard InChI is InChI=1S/C16H29N5O2/c1-17-16(20-7-9-21-8-6-18-14-21)19-5-2-10-23-13-15-3-11-22-12-4-15/h6,8,14-15H,2-5,7,9-13H2,1H3,(H2,17,19,20). The van der Waals surface area contributed by atoms with Gasteiger partial charge in [-0.2, -0.15) is 0 Å². The lowest BCUT2D eigenvalue weighted by Gasteiger charge is -2.21. The van der Waals surface area contributed by atoms with Crippen LogP contribution in [0, 0.1) is 5.92 Å². The number of rotatable bonds is 9. The quantitative estimate of drug-likeness (QED) is 0.401. The first-order valence-electron chi connectivity index (χ1n) is 8.44. The number of nitrogens with zero attached hydrogens (tertiary/aromatic N) is 3. The van der Waals surface area contributed by atoms with Gasteiger partial charge in [0.25, 0.3) is 0 Å². The second-order valence-corrected chi connectivity index (χ2v) is 5.71. The number of nitrogens with one attached hydrogen (secondary N) is 2. The summed E-state index contributed by atoms with van der Waals surface area (Å²) < 4.78 is 13.1. The lowest BCUT2D eigenvalue weighted by atomic mass is 10.0. The fourth-order valence-electron chi connectivity index (χ4n) is 2.49. The Morgan fingerprint density at radius 2 is 2.17 bits per heavy atom. The van der Waals surface area contributed by atoms with E-state index in [2.05, 4.69) is 20.6 Å². The van der Waals surface area contributed by atoms with Gasteiger partial charge < -0.3 is 24.7 Å². The molecule has 1 aromatic rings. The number of imidazole rings is 1. The fraction of sp³-hybridized carbons (Fsp3) is 0.750. The normalized spacial score (nSPS) is 16.5. The Labute approximate surface area is 138 Å². The number of hydrogen-bond donors (Lipinski definition) is 2. The molecule has 7 heteroatoms. The van der Waals surface area contributed by atoms with E-state index in [1.165, 1.54) is 0 Å². The topological polar surface area (TPSA) is 72.7 Å². The van der Waals surface area contributed by atoms with Gasteiger partial charge in [0, 0.05) is 65.5 Å². The Morgan fingerprint density at radius 3 is 2.91 bits per heavy atom. The van der Waals surface area contributed by atoms with E-state index in [9.17, 15) is 0 Å². The molecule has 2 heterocycles. The van der Waals surface area contributed by atoms with Gasteiger partial charge in [-0.25, -0.2) is 4.98 Å². The molecule has 0 aliphatic carbocycles. The third kappa shape index (κ3) is 7.47. The van der Waals surface area contributed by atoms with Crippen molar-refractivity contribution in [3.63, 3.8) is 0 Å². The van der Waals surface area contributed by atoms with Crippen LogP contribution in [-0.4, -0.2) is 62.1 Å². The first-order valence-corrected chi connectivity index (χ1v) is 8.44. The smallest absolute Gasteiger partial charge is 0.191 e. The van der Waals surface area contributed by atoms with E-state index >= 15 is 0 Å². The van der Waals surface area contributed by atoms with Crippen molar-refractivity contribution in [3.05, 3.63) is 18.7 Å². The van der Waals surface area contributed by atoms with E-state index in [1.54, 1.807) is 13.2 Å². The number of guanidine groups is 1. The van der Waals surface area contributed by atoms with Crippen molar-refractivity contribution >= 4 is 5.96 Å². The first-order chi connectivity index (χ1) is 11.4. The summed E-state index contributed by atoms with van der Waals surface area (Å²) in [7, 11) is 1.79. The first kappa shape index (κ1) is 17.7. The Balaban J connectivity index is 1.45. The van der Waals surface area contributed by atoms with Crippen LogP contribution in [0.5, 0.6) is 0 Å². The minimum absolute atomic E-state index is 0.675. The van der Waals surface area contributed by atoms with Gasteiger partial charge in [0.1, 0.15) is 0 Å². The number of aromatic nitrogens is 2. The predicted octanol–water partition coefficient (Wildman–Crippen LogP) is 0.881. The number of ether oxygens (including phenoxy) is 2. The Morgan fingerprint density at radius 1 is 1.35 bits per heavy atom. The van der Waals surface area contributed by atoms with Crippen molar-refractivity contribution in [3.8, 4) is 0 Å². The minimum Gasteiger partial charge on any atom is -0.381 e. The molecule has 0 amide bonds. The van der Waals surface area contributed by atoms with Crippen LogP contribution >= 0.6 is 0 Å². The molecule has 0 unspecified atom stereocenters. The van der Waals surface area contributed by atoms with Crippen LogP contribution in [0.15, 0.2) is 23.7 Å². The van der Waals surface area contributed by atoms with Gasteiger partial charge >= 0.3 is 0 Å². The van der Waals surface area contributed by atoms with E-state index in [0.717, 1.165) is 71.3 Å². The lowest BCUT2D eigenvalue weighted by Crippen LogP contribution is -2.39. The molecule has 1 saturated heterocycles. The molecule has 0 spiro atoms. The van der Waals surface area contributed by atoms with Crippen LogP contribution < -0.4 is 10.6 Å². The number of hydrogen-bond acceptors (Lipinski definition) is 4. The second-order valence-electron chi connectivity index (χ2n) is 5.71. The third-order valence-corrected chi connectivity index (χ3v) is 3.90. The highest BCUT2D eigenvalue weighted by molar-refractivity contribution is 5.79. The van der Waals surface area contributed by atoms with Gasteiger partial charge in [0.05, 0.1) is 6.33 Å². The molecule has 0 aromatic carbocycles. The molecule has 2 N–H and O–H groups in total. The fourth-order valence-corrected chi connectivity index (χ4v) is 2.49. The van der Waals surface area contributed by atoms with Crippen LogP contribution in [-0.2, 0) is 16.0 Å². The lowest BCUT2D eigenvalue weighted by molar-refractivity contribution is 0.0203. The van der Waals surface area contributed by atoms with Gasteiger partial charge in [-0.3, -0.25) is 4.99 Å². The summed E-state index contributed by atoms with van der Waals surface area (Å²) in [5, 5.41) is 6.59. The van der Waals surface area contributed by atoms with Crippen LogP contribution in [0.25, 0.3) is 0 Å². The molecule has 1 aromatic heterocycles. The van der Waals surface area contributed by atoms with Crippen LogP contribution in [0.4, 0.5) is 0 Å². The maximum atomic E-state index is 5.75. The summed E-state index contributed by atoms with van der Waals surface area (Å²) in [6.45, 7) is 5.97. The van der Waals surface area contributed by atoms with Gasteiger partial charge in [-0.1, -0.05) is 0 Å². The Hall–Kier alpha value is -1.60. The van der Waals surface area contributed by atoms with Gasteiger partial charge in [0.15, 0.2) is 5.96 Å². The van der Waals surface area contributed by atoms with E-state index < -0.39 is 0 Å². The molecule has 0 bridgehead atoms. The molecule has 23 heavy (non-hydrogen) atoms. The molecule has 2 rings (SSSR count). The van der Waals surface area contributed by atoms with Crippen LogP contribution in [0.3, 0.4) is 0 Å². The summed E-state index contributed by atoms with van der Waals surface area (Å²) >= 11 is 0. The van der Waals surface area contributed by atoms with E-state index in [0.29, 0.717) is 5.92 Å². The molecule has 0 saturated carbocycles. The highest BCUT2D eigenvalue weighted by atomic mass is 16.5. The molecule has 1 fully saturated rings. The highest BCUT2D eigenvalue weighted by Crippen LogP contribution is 2.14. The molecule has 7 nitrogen and oxygen atoms in total. The summed E-state index contributed by atoms with van der Waals surface area (Å²) in [4.78, 5) is 8.23. The Kier molecular flexibility index (Phi) is 8.50. The zero-order chi connectivity index (χ0) is 16.2. The molecule has 130 valence electrons. The molecular formula is C16H29N5O2. The average Bonchev–Trinajstić information content (AvgIpc) is 3.10. The SMILES string of the molecule is CN=C(NCCCOCC1CCOCC1)NCCn1ccnc1. The van der Waals surface area contributed by atoms with E-state index in [4.69, 9.17) is 9.47 Å². The summed E-state index contributed by atoms with van der Waals surface area (Å²) in [5.41, 5.74) is 0. The summed E-state index contributed by atoms with van der Waals surface area (Å²) in [6.07, 6.45) is 8.79. The molecule has 1 aliphatic heterocycles. The molecule has 0 atom stereocenters. The van der Waals surface area contributed by atoms with Crippen molar-refractivity contribution in [2.24, 2.45) is 10.9 Å². The van der Waals surface area contributed by atoms with Crippen molar-refractivity contribution in [1.29, 1.82) is 0 Å². The minimum atomic E-state index is 0.675. The molecule has 0 radical (unpaired) electrons. The Bertz CT molecular complexity index is 430. The second kappa shape index (κ2) is 11.0. The van der Waals surface area contributed by atoms with Crippen molar-refractivity contribution in [2.45, 2.75) is 25.8 Å². The summed E-state index contributed by atoms with van der Waals surface area (Å²) in [5.74, 6) is 1.50. The predicted molar refractivity (Wildman–Crippen MR) is 90.6 cm³/mol. The molecular weight excluding hydrogens is 294 g/mol. The van der Waals surface area contributed by atoms with E-state index in [-0.39, 0.29) is 0 Å². The van der Waals surface area contributed by atoms with Crippen LogP contribution in [0.1, 0.15) is 19.3 Å². The van der Waals surface area contributed by atoms with Crippen molar-refractivity contribution in [1.82, 2.24) is 20.2 Å². The number of aliphatic imine (C=N–C) groups is 1. The largest absolute Gasteiger partial charge is 0.381 e. The average molecular weight is 323 g/mol. The zero-order valence-electron chi connectivity index (χ0n) is 14.0. The van der Waals surface area contributed by atoms with Crippen molar-refractivity contribution < 1.29 is 9.47 Å². The molecule has 1 aliphatic rings. The highest BCUT2D eigenvalue weighted by Gasteiger charge is 2.13. The van der Waals surface area contributed by atoms with Gasteiger partial charge in [-0.15, -0.1) is 0 Å². The maximum absolute atomic E-state index is 5.75. The monoisotopic (exact) mass is 323 g/mol. The summed E-state index contributed by atoms with van der Waals surface area (Å²) in [6, 6.07) is 0. The van der Waals surface area contributed by atoms with Crippen LogP contribution in [0.2, 0.25) is 0 Å². The van der Waals surface area contributed by atoms with Gasteiger partial charge in [0.2, 0.25) is 0 Å². The maximum Gasteiger partial charge on any atom is 0.191 e. The van der Waals surface area contributed by atoms with Crippen molar-refractivity contribution in [2.75, 3.05) is 46.6 Å². The third-order valence-electron chi connectivity index (χ3n) is 3.90. The van der Waals surface area contributed by atoms with E-state index in [1.807, 2.05) is 17.1 Å².